The van der Waals surface area contributed by atoms with Gasteiger partial charge in [0.1, 0.15) is 5.82 Å². The lowest BCUT2D eigenvalue weighted by molar-refractivity contribution is -0.116. The molecule has 0 radical (unpaired) electrons. The average Bonchev–Trinajstić information content (AvgIpc) is 2.38. The van der Waals surface area contributed by atoms with Gasteiger partial charge in [0.05, 0.1) is 0 Å². The first-order valence-corrected chi connectivity index (χ1v) is 6.80. The number of anilines is 1. The molecular weight excluding hydrogens is 300 g/mol. The first-order valence-electron chi connectivity index (χ1n) is 6.04. The van der Waals surface area contributed by atoms with Crippen LogP contribution in [0.1, 0.15) is 12.0 Å². The second kappa shape index (κ2) is 6.73. The van der Waals surface area contributed by atoms with Crippen LogP contribution in [0.3, 0.4) is 0 Å². The molecule has 2 aromatic rings. The summed E-state index contributed by atoms with van der Waals surface area (Å²) in [5.41, 5.74) is 1.17. The van der Waals surface area contributed by atoms with E-state index in [4.69, 9.17) is 23.2 Å². The molecule has 0 saturated heterocycles. The average molecular weight is 312 g/mol. The number of benzene rings is 2. The number of hydrogen-bond donors (Lipinski definition) is 1. The Morgan fingerprint density at radius 3 is 2.40 bits per heavy atom. The molecule has 0 spiro atoms. The number of nitrogens with one attached hydrogen (secondary N) is 1. The van der Waals surface area contributed by atoms with Gasteiger partial charge in [0.15, 0.2) is 0 Å². The van der Waals surface area contributed by atoms with Gasteiger partial charge in [0.2, 0.25) is 5.91 Å². The largest absolute Gasteiger partial charge is 0.326 e. The maximum Gasteiger partial charge on any atom is 0.224 e. The van der Waals surface area contributed by atoms with E-state index in [1.165, 1.54) is 18.2 Å². The second-order valence-corrected chi connectivity index (χ2v) is 5.07. The van der Waals surface area contributed by atoms with E-state index in [1.807, 2.05) is 0 Å². The monoisotopic (exact) mass is 311 g/mol. The van der Waals surface area contributed by atoms with E-state index >= 15 is 0 Å². The lowest BCUT2D eigenvalue weighted by Crippen LogP contribution is -2.12. The summed E-state index contributed by atoms with van der Waals surface area (Å²) in [6.07, 6.45) is 0.652. The van der Waals surface area contributed by atoms with E-state index in [2.05, 4.69) is 5.32 Å². The van der Waals surface area contributed by atoms with Crippen LogP contribution in [0, 0.1) is 5.82 Å². The van der Waals surface area contributed by atoms with Crippen LogP contribution in [-0.2, 0) is 11.2 Å². The molecule has 0 aromatic heterocycles. The maximum absolute atomic E-state index is 13.0. The number of amides is 1. The van der Waals surface area contributed by atoms with Crippen molar-refractivity contribution in [3.8, 4) is 0 Å². The summed E-state index contributed by atoms with van der Waals surface area (Å²) in [4.78, 5) is 11.8. The Morgan fingerprint density at radius 2 is 1.75 bits per heavy atom. The van der Waals surface area contributed by atoms with Gasteiger partial charge in [-0.3, -0.25) is 4.79 Å². The van der Waals surface area contributed by atoms with E-state index < -0.39 is 5.82 Å². The van der Waals surface area contributed by atoms with Gasteiger partial charge < -0.3 is 5.32 Å². The van der Waals surface area contributed by atoms with Gasteiger partial charge in [-0.1, -0.05) is 35.3 Å². The fourth-order valence-corrected chi connectivity index (χ4v) is 2.39. The van der Waals surface area contributed by atoms with Gasteiger partial charge in [-0.2, -0.15) is 0 Å². The molecule has 0 unspecified atom stereocenters. The maximum atomic E-state index is 13.0. The molecule has 0 bridgehead atoms. The Balaban J connectivity index is 1.96. The van der Waals surface area contributed by atoms with Crippen LogP contribution < -0.4 is 5.32 Å². The van der Waals surface area contributed by atoms with Gasteiger partial charge in [-0.05, 0) is 42.3 Å². The molecule has 0 aliphatic rings. The van der Waals surface area contributed by atoms with E-state index in [1.54, 1.807) is 24.3 Å². The highest BCUT2D eigenvalue weighted by Gasteiger charge is 2.09. The lowest BCUT2D eigenvalue weighted by atomic mass is 10.1. The number of carbonyl (C=O) groups excluding carboxylic acids is 1. The van der Waals surface area contributed by atoms with Crippen molar-refractivity contribution >= 4 is 34.8 Å². The van der Waals surface area contributed by atoms with Crippen molar-refractivity contribution in [3.63, 3.8) is 0 Å². The second-order valence-electron chi connectivity index (χ2n) is 4.26. The predicted octanol–water partition coefficient (Wildman–Crippen LogP) is 4.70. The van der Waals surface area contributed by atoms with Gasteiger partial charge in [-0.15, -0.1) is 0 Å². The topological polar surface area (TPSA) is 29.1 Å². The Morgan fingerprint density at radius 1 is 1.10 bits per heavy atom. The number of halogens is 3. The molecule has 0 aliphatic carbocycles. The molecule has 104 valence electrons. The fourth-order valence-electron chi connectivity index (χ4n) is 1.80. The molecule has 20 heavy (non-hydrogen) atoms. The zero-order chi connectivity index (χ0) is 14.5. The molecule has 0 aliphatic heterocycles. The highest BCUT2D eigenvalue weighted by Crippen LogP contribution is 2.25. The first kappa shape index (κ1) is 14.8. The third-order valence-corrected chi connectivity index (χ3v) is 3.48. The first-order chi connectivity index (χ1) is 9.56. The quantitative estimate of drug-likeness (QED) is 0.871. The molecular formula is C15H12Cl2FNO. The van der Waals surface area contributed by atoms with Crippen molar-refractivity contribution in [3.05, 3.63) is 63.9 Å². The van der Waals surface area contributed by atoms with Crippen molar-refractivity contribution in [2.45, 2.75) is 12.8 Å². The molecule has 0 heterocycles. The van der Waals surface area contributed by atoms with E-state index in [0.29, 0.717) is 22.2 Å². The lowest BCUT2D eigenvalue weighted by Gasteiger charge is -2.08. The highest BCUT2D eigenvalue weighted by molar-refractivity contribution is 6.36. The van der Waals surface area contributed by atoms with Crippen LogP contribution in [-0.4, -0.2) is 5.91 Å². The standard InChI is InChI=1S/C15H12Cl2FNO/c16-13-5-2-6-14(17)12(13)7-8-15(20)19-11-4-1-3-10(18)9-11/h1-6,9H,7-8H2,(H,19,20). The van der Waals surface area contributed by atoms with Gasteiger partial charge >= 0.3 is 0 Å². The van der Waals surface area contributed by atoms with Gasteiger partial charge in [-0.25, -0.2) is 4.39 Å². The SMILES string of the molecule is O=C(CCc1c(Cl)cccc1Cl)Nc1cccc(F)c1. The summed E-state index contributed by atoms with van der Waals surface area (Å²) in [6, 6.07) is 11.0. The summed E-state index contributed by atoms with van der Waals surface area (Å²) in [5, 5.41) is 3.70. The Hall–Kier alpha value is -1.58. The van der Waals surface area contributed by atoms with Crippen molar-refractivity contribution in [1.29, 1.82) is 0 Å². The van der Waals surface area contributed by atoms with Crippen LogP contribution in [0.25, 0.3) is 0 Å². The third-order valence-electron chi connectivity index (χ3n) is 2.77. The summed E-state index contributed by atoms with van der Waals surface area (Å²) < 4.78 is 13.0. The molecule has 2 nitrogen and oxygen atoms in total. The van der Waals surface area contributed by atoms with Crippen LogP contribution in [0.2, 0.25) is 10.0 Å². The zero-order valence-electron chi connectivity index (χ0n) is 10.5. The Bertz CT molecular complexity index is 611. The zero-order valence-corrected chi connectivity index (χ0v) is 12.0. The molecule has 1 amide bonds. The normalized spacial score (nSPS) is 10.3. The number of hydrogen-bond acceptors (Lipinski definition) is 1. The van der Waals surface area contributed by atoms with E-state index in [0.717, 1.165) is 5.56 Å². The molecule has 5 heteroatoms. The van der Waals surface area contributed by atoms with Crippen molar-refractivity contribution in [1.82, 2.24) is 0 Å². The number of rotatable bonds is 4. The van der Waals surface area contributed by atoms with Crippen molar-refractivity contribution in [2.75, 3.05) is 5.32 Å². The van der Waals surface area contributed by atoms with Crippen LogP contribution >= 0.6 is 23.2 Å². The van der Waals surface area contributed by atoms with Crippen molar-refractivity contribution < 1.29 is 9.18 Å². The van der Waals surface area contributed by atoms with E-state index in [9.17, 15) is 9.18 Å². The minimum atomic E-state index is -0.392. The Labute approximate surface area is 126 Å². The van der Waals surface area contributed by atoms with Crippen LogP contribution in [0.4, 0.5) is 10.1 Å². The molecule has 2 aromatic carbocycles. The van der Waals surface area contributed by atoms with E-state index in [-0.39, 0.29) is 12.3 Å². The summed E-state index contributed by atoms with van der Waals surface area (Å²) in [6.45, 7) is 0. The Kier molecular flexibility index (Phi) is 4.99. The third kappa shape index (κ3) is 3.95. The molecule has 2 rings (SSSR count). The summed E-state index contributed by atoms with van der Waals surface area (Å²) in [5.74, 6) is -0.608. The molecule has 1 N–H and O–H groups in total. The summed E-state index contributed by atoms with van der Waals surface area (Å²) >= 11 is 12.1. The minimum absolute atomic E-state index is 0.216. The van der Waals surface area contributed by atoms with Gasteiger partial charge in [0.25, 0.3) is 0 Å². The van der Waals surface area contributed by atoms with Crippen molar-refractivity contribution in [2.24, 2.45) is 0 Å². The molecule has 0 atom stereocenters. The van der Waals surface area contributed by atoms with Gasteiger partial charge in [0, 0.05) is 22.2 Å². The predicted molar refractivity (Wildman–Crippen MR) is 79.8 cm³/mol. The van der Waals surface area contributed by atoms with Crippen LogP contribution in [0.15, 0.2) is 42.5 Å². The van der Waals surface area contributed by atoms with Crippen LogP contribution in [0.5, 0.6) is 0 Å². The highest BCUT2D eigenvalue weighted by atomic mass is 35.5. The summed E-state index contributed by atoms with van der Waals surface area (Å²) in [7, 11) is 0. The molecule has 0 fully saturated rings. The number of carbonyl (C=O) groups is 1. The minimum Gasteiger partial charge on any atom is -0.326 e. The fraction of sp³-hybridized carbons (Fsp3) is 0.133. The smallest absolute Gasteiger partial charge is 0.224 e. The molecule has 0 saturated carbocycles.